The lowest BCUT2D eigenvalue weighted by atomic mass is 10.1. The van der Waals surface area contributed by atoms with E-state index in [-0.39, 0.29) is 44.5 Å². The van der Waals surface area contributed by atoms with Gasteiger partial charge in [0.2, 0.25) is 0 Å². The molecule has 0 radical (unpaired) electrons. The zero-order valence-corrected chi connectivity index (χ0v) is 23.1. The van der Waals surface area contributed by atoms with Gasteiger partial charge in [-0.25, -0.2) is 23.5 Å². The number of hydrogen-bond donors (Lipinski definition) is 6. The van der Waals surface area contributed by atoms with Gasteiger partial charge in [0.15, 0.2) is 0 Å². The minimum atomic E-state index is -1.16. The van der Waals surface area contributed by atoms with Gasteiger partial charge in [0.1, 0.15) is 12.7 Å². The van der Waals surface area contributed by atoms with Gasteiger partial charge in [-0.05, 0) is 37.8 Å². The lowest BCUT2D eigenvalue weighted by Crippen LogP contribution is -2.46. The maximum Gasteiger partial charge on any atom is 0.373 e. The van der Waals surface area contributed by atoms with Gasteiger partial charge in [-0.2, -0.15) is 9.59 Å². The highest BCUT2D eigenvalue weighted by Gasteiger charge is 2.19. The highest BCUT2D eigenvalue weighted by atomic mass is 18.2. The van der Waals surface area contributed by atoms with Crippen LogP contribution in [0.25, 0.3) is 0 Å². The number of carbonyl (C=O) groups is 4. The predicted octanol–water partition coefficient (Wildman–Crippen LogP) is 1.41. The van der Waals surface area contributed by atoms with Crippen molar-refractivity contribution in [2.24, 2.45) is 0 Å². The van der Waals surface area contributed by atoms with Gasteiger partial charge in [-0.15, -0.1) is 5.10 Å². The molecule has 16 nitrogen and oxygen atoms in total. The Bertz CT molecular complexity index is 1080. The van der Waals surface area contributed by atoms with Crippen LogP contribution in [0.4, 0.5) is 19.7 Å². The van der Waals surface area contributed by atoms with Crippen LogP contribution in [0.15, 0.2) is 36.5 Å². The fourth-order valence-corrected chi connectivity index (χ4v) is 3.09. The number of halogens is 1. The molecule has 1 aromatic heterocycles. The van der Waals surface area contributed by atoms with Crippen molar-refractivity contribution in [2.75, 3.05) is 32.2 Å². The van der Waals surface area contributed by atoms with Crippen LogP contribution < -0.4 is 21.3 Å². The summed E-state index contributed by atoms with van der Waals surface area (Å²) >= 11 is 0. The third kappa shape index (κ3) is 19.2. The number of aryl methyl sites for hydroxylation is 1. The molecule has 2 rings (SSSR count). The lowest BCUT2D eigenvalue weighted by molar-refractivity contribution is -0.191. The van der Waals surface area contributed by atoms with Gasteiger partial charge in [-0.1, -0.05) is 23.4 Å². The molecule has 0 bridgehead atoms. The number of carbonyl (C=O) groups excluding carboxylic acids is 4. The smallest absolute Gasteiger partial charge is 0.373 e. The number of hydrogen-bond acceptors (Lipinski definition) is 9. The third-order valence-electron chi connectivity index (χ3n) is 4.98. The number of aliphatic carboxylic acids is 2. The molecule has 42 heavy (non-hydrogen) atoms. The van der Waals surface area contributed by atoms with E-state index in [1.165, 1.54) is 4.68 Å². The molecule has 0 spiro atoms. The molecular formula is C25H36FN7O9. The standard InChI is InChI=1S/C18H26N4O6.C6H10FN3O.CO2/c23-15(24)10-6-12-20-18(28)22-14(16(25)26)9-4-5-11-19-17(27)21-13-7-2-1-3-8-13;1-11-5-6-4-8-9-10(6)3-2-7;2-1-3/h1-3,7-8,14H,4-6,9-12H2,(H,23,24)(H,25,26)(H2,19,21,27)(H2,20,22,28);4H,2-3,5H2,1H3;/i;7-1;. The third-order valence-corrected chi connectivity index (χ3v) is 4.98. The second kappa shape index (κ2) is 24.0. The fraction of sp³-hybridized carbons (Fsp3) is 0.480. The van der Waals surface area contributed by atoms with Gasteiger partial charge in [-0.3, -0.25) is 4.79 Å². The number of unbranched alkanes of at least 4 members (excludes halogenated alkanes) is 1. The number of amides is 4. The molecule has 0 saturated heterocycles. The molecule has 6 N–H and O–H groups in total. The zero-order valence-electron chi connectivity index (χ0n) is 23.1. The van der Waals surface area contributed by atoms with Gasteiger partial charge < -0.3 is 36.2 Å². The normalized spacial score (nSPS) is 10.3. The van der Waals surface area contributed by atoms with Crippen molar-refractivity contribution in [2.45, 2.75) is 51.3 Å². The molecule has 0 aliphatic rings. The van der Waals surface area contributed by atoms with E-state index in [1.807, 2.05) is 6.07 Å². The number of urea groups is 2. The summed E-state index contributed by atoms with van der Waals surface area (Å²) in [6.45, 7) is 0.753. The molecular weight excluding hydrogens is 560 g/mol. The number of para-hydroxylation sites is 1. The summed E-state index contributed by atoms with van der Waals surface area (Å²) < 4.78 is 18.2. The number of nitrogens with zero attached hydrogens (tertiary/aromatic N) is 3. The first-order valence-corrected chi connectivity index (χ1v) is 12.7. The van der Waals surface area contributed by atoms with Gasteiger partial charge in [0.05, 0.1) is 25.0 Å². The Kier molecular flexibility index (Phi) is 21.2. The van der Waals surface area contributed by atoms with Crippen molar-refractivity contribution in [1.82, 2.24) is 30.9 Å². The molecule has 1 aromatic carbocycles. The van der Waals surface area contributed by atoms with Crippen LogP contribution in [0.2, 0.25) is 0 Å². The Hall–Kier alpha value is -4.89. The number of aromatic nitrogens is 3. The lowest BCUT2D eigenvalue weighted by Gasteiger charge is -2.15. The number of anilines is 1. The maximum atomic E-state index is 11.8. The molecule has 1 unspecified atom stereocenters. The van der Waals surface area contributed by atoms with Crippen molar-refractivity contribution >= 4 is 35.8 Å². The molecule has 4 amide bonds. The second-order valence-corrected chi connectivity index (χ2v) is 8.18. The molecule has 0 fully saturated rings. The van der Waals surface area contributed by atoms with Crippen LogP contribution in [0, 0.1) is 0 Å². The minimum Gasteiger partial charge on any atom is -0.481 e. The highest BCUT2D eigenvalue weighted by molar-refractivity contribution is 5.89. The average Bonchev–Trinajstić information content (AvgIpc) is 3.38. The highest BCUT2D eigenvalue weighted by Crippen LogP contribution is 2.05. The van der Waals surface area contributed by atoms with E-state index in [4.69, 9.17) is 19.4 Å². The van der Waals surface area contributed by atoms with Crippen LogP contribution in [-0.2, 0) is 37.1 Å². The summed E-state index contributed by atoms with van der Waals surface area (Å²) in [5.74, 6) is -2.12. The minimum absolute atomic E-state index is 0.0759. The molecule has 1 atom stereocenters. The van der Waals surface area contributed by atoms with Crippen LogP contribution in [-0.4, -0.2) is 88.3 Å². The summed E-state index contributed by atoms with van der Waals surface area (Å²) in [7, 11) is 1.58. The van der Waals surface area contributed by atoms with E-state index in [0.717, 1.165) is 5.69 Å². The van der Waals surface area contributed by atoms with Gasteiger partial charge in [0.25, 0.3) is 0 Å². The average molecular weight is 597 g/mol. The van der Waals surface area contributed by atoms with Crippen LogP contribution in [0.3, 0.4) is 0 Å². The summed E-state index contributed by atoms with van der Waals surface area (Å²) in [6, 6.07) is 6.90. The number of nitrogens with one attached hydrogen (secondary N) is 4. The topological polar surface area (TPSA) is 231 Å². The number of carboxylic acids is 2. The Morgan fingerprint density at radius 3 is 2.26 bits per heavy atom. The van der Waals surface area contributed by atoms with Crippen LogP contribution in [0.1, 0.15) is 37.8 Å². The summed E-state index contributed by atoms with van der Waals surface area (Å²) in [5, 5.41) is 35.1. The van der Waals surface area contributed by atoms with Gasteiger partial charge >= 0.3 is 30.2 Å². The number of carboxylic acid groups (broad SMARTS) is 2. The maximum absolute atomic E-state index is 11.8. The number of rotatable bonds is 16. The van der Waals surface area contributed by atoms with Crippen molar-refractivity contribution in [3.63, 3.8) is 0 Å². The molecule has 0 aliphatic carbocycles. The number of alkyl halides is 1. The summed E-state index contributed by atoms with van der Waals surface area (Å²) in [6.07, 6.45) is 3.25. The second-order valence-electron chi connectivity index (χ2n) is 8.18. The largest absolute Gasteiger partial charge is 0.481 e. The van der Waals surface area contributed by atoms with E-state index >= 15 is 0 Å². The molecule has 1 heterocycles. The molecule has 17 heteroatoms. The van der Waals surface area contributed by atoms with E-state index in [2.05, 4.69) is 31.6 Å². The molecule has 0 aliphatic heterocycles. The van der Waals surface area contributed by atoms with Crippen LogP contribution >= 0.6 is 0 Å². The Balaban J connectivity index is 0.000000987. The van der Waals surface area contributed by atoms with E-state index in [9.17, 15) is 28.7 Å². The monoisotopic (exact) mass is 596 g/mol. The quantitative estimate of drug-likeness (QED) is 0.152. The van der Waals surface area contributed by atoms with Gasteiger partial charge in [0, 0.05) is 32.3 Å². The van der Waals surface area contributed by atoms with Crippen molar-refractivity contribution in [1.29, 1.82) is 0 Å². The van der Waals surface area contributed by atoms with E-state index in [0.29, 0.717) is 31.7 Å². The fourth-order valence-electron chi connectivity index (χ4n) is 3.09. The first-order valence-electron chi connectivity index (χ1n) is 12.7. The Labute approximate surface area is 241 Å². The zero-order chi connectivity index (χ0) is 31.6. The number of ether oxygens (including phenoxy) is 1. The van der Waals surface area contributed by atoms with Crippen molar-refractivity contribution < 1.29 is 48.1 Å². The SMILES string of the molecule is COCc1cnnn1CC[18F].O=C(O)CCCNC(=O)NC(CCCCNC(=O)Nc1ccccc1)C(=O)O.O=C=O. The molecule has 232 valence electrons. The van der Waals surface area contributed by atoms with Crippen molar-refractivity contribution in [3.8, 4) is 0 Å². The summed E-state index contributed by atoms with van der Waals surface area (Å²) in [4.78, 5) is 61.2. The predicted molar refractivity (Wildman–Crippen MR) is 144 cm³/mol. The van der Waals surface area contributed by atoms with Crippen molar-refractivity contribution in [3.05, 3.63) is 42.2 Å². The first-order chi connectivity index (χ1) is 20.2. The number of benzene rings is 1. The Morgan fingerprint density at radius 2 is 1.67 bits per heavy atom. The van der Waals surface area contributed by atoms with E-state index < -0.39 is 30.7 Å². The molecule has 0 saturated carbocycles. The van der Waals surface area contributed by atoms with E-state index in [1.54, 1.807) is 37.6 Å². The molecule has 2 aromatic rings. The van der Waals surface area contributed by atoms with Crippen LogP contribution in [0.5, 0.6) is 0 Å². The number of methoxy groups -OCH3 is 1. The summed E-state index contributed by atoms with van der Waals surface area (Å²) in [5.41, 5.74) is 1.47. The first kappa shape index (κ1) is 37.1. The Morgan fingerprint density at radius 1 is 1.02 bits per heavy atom.